The number of likely N-dealkylation sites (tertiary alicyclic amines) is 1. The van der Waals surface area contributed by atoms with E-state index >= 15 is 0 Å². The predicted molar refractivity (Wildman–Crippen MR) is 152 cm³/mol. The van der Waals surface area contributed by atoms with Crippen molar-refractivity contribution in [2.75, 3.05) is 20.1 Å². The number of aryl methyl sites for hydroxylation is 1. The molecule has 0 spiro atoms. The summed E-state index contributed by atoms with van der Waals surface area (Å²) in [6, 6.07) is 4.37. The molecule has 0 saturated carbocycles. The Morgan fingerprint density at radius 1 is 1.18 bits per heavy atom. The van der Waals surface area contributed by atoms with Crippen LogP contribution in [0.4, 0.5) is 9.18 Å². The maximum atomic E-state index is 14.4. The van der Waals surface area contributed by atoms with Gasteiger partial charge in [-0.25, -0.2) is 9.18 Å². The van der Waals surface area contributed by atoms with Crippen molar-refractivity contribution in [3.8, 4) is 5.69 Å². The summed E-state index contributed by atoms with van der Waals surface area (Å²) in [4.78, 5) is 33.9. The Balaban J connectivity index is 1.67. The lowest BCUT2D eigenvalue weighted by atomic mass is 9.92. The van der Waals surface area contributed by atoms with Gasteiger partial charge in [-0.05, 0) is 102 Å². The maximum Gasteiger partial charge on any atom is 0.410 e. The maximum absolute atomic E-state index is 14.4. The molecule has 1 aromatic carbocycles. The van der Waals surface area contributed by atoms with Gasteiger partial charge in [-0.3, -0.25) is 9.78 Å². The summed E-state index contributed by atoms with van der Waals surface area (Å²) in [5, 5.41) is 1.11. The van der Waals surface area contributed by atoms with Crippen molar-refractivity contribution in [1.29, 1.82) is 0 Å². The SMILES string of the molecule is Cc1cncc2c1c(CC1CCCN(C(=O)OC(C)(C)C)CC1)cn2-c1ccc(F)cc1C(=O)N(C)C(C)C. The second kappa shape index (κ2) is 11.4. The largest absolute Gasteiger partial charge is 0.444 e. The van der Waals surface area contributed by atoms with Gasteiger partial charge in [0.25, 0.3) is 5.91 Å². The molecule has 8 heteroatoms. The van der Waals surface area contributed by atoms with E-state index in [2.05, 4.69) is 11.2 Å². The minimum absolute atomic E-state index is 0.0232. The number of rotatable bonds is 5. The second-order valence-electron chi connectivity index (χ2n) is 12.0. The van der Waals surface area contributed by atoms with Crippen molar-refractivity contribution in [2.24, 2.45) is 5.92 Å². The van der Waals surface area contributed by atoms with Gasteiger partial charge >= 0.3 is 6.09 Å². The van der Waals surface area contributed by atoms with Crippen molar-refractivity contribution >= 4 is 22.9 Å². The summed E-state index contributed by atoms with van der Waals surface area (Å²) in [7, 11) is 1.74. The number of ether oxygens (including phenoxy) is 1. The predicted octanol–water partition coefficient (Wildman–Crippen LogP) is 6.53. The Bertz CT molecular complexity index is 1360. The van der Waals surface area contributed by atoms with Crippen molar-refractivity contribution in [2.45, 2.75) is 78.9 Å². The monoisotopic (exact) mass is 536 g/mol. The van der Waals surface area contributed by atoms with Gasteiger partial charge in [-0.15, -0.1) is 0 Å². The molecule has 210 valence electrons. The van der Waals surface area contributed by atoms with E-state index in [1.54, 1.807) is 18.0 Å². The standard InChI is InChI=1S/C31H41FN4O3/c1-20(2)34(7)29(37)25-16-24(32)10-11-26(25)36-19-23(28-21(3)17-33-18-27(28)36)15-22-9-8-13-35(14-12-22)30(38)39-31(4,5)6/h10-11,16-20,22H,8-9,12-15H2,1-7H3. The number of benzene rings is 1. The van der Waals surface area contributed by atoms with Crippen LogP contribution in [0.2, 0.25) is 0 Å². The zero-order chi connectivity index (χ0) is 28.5. The van der Waals surface area contributed by atoms with E-state index in [0.717, 1.165) is 42.1 Å². The lowest BCUT2D eigenvalue weighted by Gasteiger charge is -2.26. The summed E-state index contributed by atoms with van der Waals surface area (Å²) < 4.78 is 22.0. The highest BCUT2D eigenvalue weighted by molar-refractivity contribution is 5.99. The molecule has 1 saturated heterocycles. The summed E-state index contributed by atoms with van der Waals surface area (Å²) in [5.41, 5.74) is 3.55. The number of carbonyl (C=O) groups is 2. The van der Waals surface area contributed by atoms with E-state index in [0.29, 0.717) is 30.3 Å². The first-order chi connectivity index (χ1) is 18.4. The molecular weight excluding hydrogens is 495 g/mol. The van der Waals surface area contributed by atoms with Crippen molar-refractivity contribution < 1.29 is 18.7 Å². The van der Waals surface area contributed by atoms with Gasteiger partial charge in [0, 0.05) is 44.0 Å². The molecule has 39 heavy (non-hydrogen) atoms. The molecule has 1 aliphatic rings. The summed E-state index contributed by atoms with van der Waals surface area (Å²) in [6.45, 7) is 12.9. The third-order valence-corrected chi connectivity index (χ3v) is 7.53. The number of halogens is 1. The fourth-order valence-electron chi connectivity index (χ4n) is 5.30. The van der Waals surface area contributed by atoms with Crippen LogP contribution in [0.1, 0.15) is 75.4 Å². The van der Waals surface area contributed by atoms with Crippen LogP contribution in [0, 0.1) is 18.7 Å². The van der Waals surface area contributed by atoms with Crippen LogP contribution < -0.4 is 0 Å². The van der Waals surface area contributed by atoms with Gasteiger partial charge in [-0.1, -0.05) is 0 Å². The molecule has 3 aromatic rings. The van der Waals surface area contributed by atoms with E-state index in [-0.39, 0.29) is 18.0 Å². The average Bonchev–Trinajstić information content (AvgIpc) is 3.05. The van der Waals surface area contributed by atoms with Gasteiger partial charge in [0.1, 0.15) is 11.4 Å². The van der Waals surface area contributed by atoms with Crippen LogP contribution in [0.15, 0.2) is 36.8 Å². The molecule has 1 aliphatic heterocycles. The molecule has 1 unspecified atom stereocenters. The van der Waals surface area contributed by atoms with Crippen molar-refractivity contribution in [3.63, 3.8) is 0 Å². The number of carbonyl (C=O) groups excluding carboxylic acids is 2. The molecular formula is C31H41FN4O3. The van der Waals surface area contributed by atoms with Crippen LogP contribution in [0.5, 0.6) is 0 Å². The lowest BCUT2D eigenvalue weighted by molar-refractivity contribution is 0.0255. The first kappa shape index (κ1) is 28.6. The third kappa shape index (κ3) is 6.43. The number of amides is 2. The van der Waals surface area contributed by atoms with Gasteiger partial charge in [0.05, 0.1) is 23.0 Å². The van der Waals surface area contributed by atoms with E-state index in [4.69, 9.17) is 4.74 Å². The summed E-state index contributed by atoms with van der Waals surface area (Å²) >= 11 is 0. The van der Waals surface area contributed by atoms with E-state index < -0.39 is 11.4 Å². The number of nitrogens with zero attached hydrogens (tertiary/aromatic N) is 4. The number of aromatic nitrogens is 2. The Morgan fingerprint density at radius 2 is 1.92 bits per heavy atom. The van der Waals surface area contributed by atoms with Gasteiger partial charge in [0.15, 0.2) is 0 Å². The molecule has 0 radical (unpaired) electrons. The molecule has 0 N–H and O–H groups in total. The highest BCUT2D eigenvalue weighted by Crippen LogP contribution is 2.33. The average molecular weight is 537 g/mol. The molecule has 3 heterocycles. The van der Waals surface area contributed by atoms with E-state index in [1.165, 1.54) is 17.7 Å². The number of hydrogen-bond acceptors (Lipinski definition) is 4. The lowest BCUT2D eigenvalue weighted by Crippen LogP contribution is -2.37. The van der Waals surface area contributed by atoms with Crippen LogP contribution in [0.25, 0.3) is 16.6 Å². The second-order valence-corrected chi connectivity index (χ2v) is 12.0. The molecule has 2 aromatic heterocycles. The Labute approximate surface area is 230 Å². The molecule has 1 atom stereocenters. The molecule has 7 nitrogen and oxygen atoms in total. The number of pyridine rings is 1. The summed E-state index contributed by atoms with van der Waals surface area (Å²) in [5.74, 6) is -0.279. The van der Waals surface area contributed by atoms with Crippen molar-refractivity contribution in [3.05, 3.63) is 59.3 Å². The van der Waals surface area contributed by atoms with Crippen LogP contribution in [-0.4, -0.2) is 63.1 Å². The van der Waals surface area contributed by atoms with Gasteiger partial charge in [0.2, 0.25) is 0 Å². The Kier molecular flexibility index (Phi) is 8.33. The summed E-state index contributed by atoms with van der Waals surface area (Å²) in [6.07, 6.45) is 9.15. The molecule has 0 aliphatic carbocycles. The van der Waals surface area contributed by atoms with Gasteiger partial charge < -0.3 is 19.1 Å². The highest BCUT2D eigenvalue weighted by atomic mass is 19.1. The number of hydrogen-bond donors (Lipinski definition) is 0. The fraction of sp³-hybridized carbons (Fsp3) is 0.516. The quantitative estimate of drug-likeness (QED) is 0.372. The Hall–Kier alpha value is -3.42. The zero-order valence-corrected chi connectivity index (χ0v) is 24.3. The van der Waals surface area contributed by atoms with Crippen molar-refractivity contribution in [1.82, 2.24) is 19.4 Å². The Morgan fingerprint density at radius 3 is 2.62 bits per heavy atom. The van der Waals surface area contributed by atoms with E-state index in [9.17, 15) is 14.0 Å². The van der Waals surface area contributed by atoms with Crippen LogP contribution >= 0.6 is 0 Å². The normalized spacial score (nSPS) is 16.4. The molecule has 2 amide bonds. The first-order valence-electron chi connectivity index (χ1n) is 13.8. The molecule has 4 rings (SSSR count). The smallest absolute Gasteiger partial charge is 0.410 e. The van der Waals surface area contributed by atoms with Gasteiger partial charge in [-0.2, -0.15) is 0 Å². The topological polar surface area (TPSA) is 67.7 Å². The fourth-order valence-corrected chi connectivity index (χ4v) is 5.30. The first-order valence-corrected chi connectivity index (χ1v) is 13.8. The van der Waals surface area contributed by atoms with E-state index in [1.807, 2.05) is 63.4 Å². The third-order valence-electron chi connectivity index (χ3n) is 7.53. The highest BCUT2D eigenvalue weighted by Gasteiger charge is 2.27. The molecule has 0 bridgehead atoms. The van der Waals surface area contributed by atoms with Crippen LogP contribution in [0.3, 0.4) is 0 Å². The minimum Gasteiger partial charge on any atom is -0.444 e. The minimum atomic E-state index is -0.513. The van der Waals surface area contributed by atoms with Crippen LogP contribution in [-0.2, 0) is 11.2 Å². The molecule has 1 fully saturated rings. The number of fused-ring (bicyclic) bond motifs is 1. The zero-order valence-electron chi connectivity index (χ0n) is 24.3.